The number of aliphatic hydroxyl groups is 2. The molecule has 1 aliphatic rings. The van der Waals surface area contributed by atoms with Gasteiger partial charge in [-0.1, -0.05) is 99.6 Å². The molecular weight excluding hydrogens is 921 g/mol. The minimum Gasteiger partial charge on any atom is -0.394 e. The summed E-state index contributed by atoms with van der Waals surface area (Å²) in [5.74, 6) is -10.5. The van der Waals surface area contributed by atoms with Gasteiger partial charge < -0.3 is 62.1 Å². The first-order valence-corrected chi connectivity index (χ1v) is 24.2. The molecule has 9 atom stereocenters. The molecule has 9 N–H and O–H groups in total. The highest BCUT2D eigenvalue weighted by molar-refractivity contribution is 5.99. The molecule has 1 aromatic carbocycles. The van der Waals surface area contributed by atoms with E-state index < -0.39 is 157 Å². The Morgan fingerprint density at radius 1 is 0.507 bits per heavy atom. The summed E-state index contributed by atoms with van der Waals surface area (Å²) < 4.78 is 0. The quantitative estimate of drug-likeness (QED) is 0.128. The number of aliphatic hydroxyl groups excluding tert-OH is 2. The normalized spacial score (nSPS) is 26.0. The van der Waals surface area contributed by atoms with Crippen molar-refractivity contribution < 1.29 is 58.2 Å². The van der Waals surface area contributed by atoms with E-state index in [-0.39, 0.29) is 18.8 Å². The molecule has 71 heavy (non-hydrogen) atoms. The summed E-state index contributed by atoms with van der Waals surface area (Å²) in [5.41, 5.74) is 0.647. The molecule has 1 aliphatic heterocycles. The van der Waals surface area contributed by atoms with Crippen LogP contribution in [0, 0.1) is 29.6 Å². The van der Waals surface area contributed by atoms with Crippen LogP contribution in [-0.4, -0.2) is 179 Å². The number of nitrogens with zero attached hydrogens (tertiary/aromatic N) is 3. The van der Waals surface area contributed by atoms with Gasteiger partial charge >= 0.3 is 0 Å². The first-order chi connectivity index (χ1) is 33.0. The van der Waals surface area contributed by atoms with Crippen molar-refractivity contribution in [1.82, 2.24) is 51.9 Å². The van der Waals surface area contributed by atoms with Crippen LogP contribution in [0.4, 0.5) is 0 Å². The number of nitrogens with one attached hydrogen (secondary N) is 7. The minimum atomic E-state index is -1.60. The van der Waals surface area contributed by atoms with E-state index in [9.17, 15) is 58.2 Å². The van der Waals surface area contributed by atoms with Crippen molar-refractivity contribution in [2.45, 2.75) is 143 Å². The summed E-state index contributed by atoms with van der Waals surface area (Å²) in [5, 5.41) is 39.2. The zero-order valence-corrected chi connectivity index (χ0v) is 43.8. The number of hydrogen-bond donors (Lipinski definition) is 9. The number of benzene rings is 1. The van der Waals surface area contributed by atoms with Crippen LogP contribution in [-0.2, 0) is 54.4 Å². The van der Waals surface area contributed by atoms with Crippen molar-refractivity contribution in [3.05, 3.63) is 35.9 Å². The lowest BCUT2D eigenvalue weighted by molar-refractivity contribution is -0.148. The number of carbonyl (C=O) groups excluding carboxylic acids is 10. The molecule has 22 heteroatoms. The Hall–Kier alpha value is -6.16. The second kappa shape index (κ2) is 28.0. The van der Waals surface area contributed by atoms with E-state index in [0.29, 0.717) is 5.56 Å². The predicted molar refractivity (Wildman–Crippen MR) is 263 cm³/mol. The van der Waals surface area contributed by atoms with Crippen molar-refractivity contribution >= 4 is 59.1 Å². The van der Waals surface area contributed by atoms with Gasteiger partial charge in [0, 0.05) is 27.6 Å². The molecule has 1 heterocycles. The fourth-order valence-corrected chi connectivity index (χ4v) is 8.23. The van der Waals surface area contributed by atoms with Crippen molar-refractivity contribution in [2.24, 2.45) is 29.6 Å². The molecule has 1 fully saturated rings. The number of hydrogen-bond acceptors (Lipinski definition) is 12. The van der Waals surface area contributed by atoms with E-state index in [1.54, 1.807) is 99.6 Å². The lowest BCUT2D eigenvalue weighted by atomic mass is 9.97. The summed E-state index contributed by atoms with van der Waals surface area (Å²) in [6.45, 7) is 15.8. The molecule has 0 bridgehead atoms. The zero-order chi connectivity index (χ0) is 54.2. The first kappa shape index (κ1) is 61.0. The zero-order valence-electron chi connectivity index (χ0n) is 43.8. The van der Waals surface area contributed by atoms with Gasteiger partial charge in [0.25, 0.3) is 0 Å². The molecule has 398 valence electrons. The van der Waals surface area contributed by atoms with Crippen LogP contribution in [0.1, 0.15) is 88.1 Å². The van der Waals surface area contributed by atoms with Gasteiger partial charge in [0.05, 0.1) is 25.8 Å². The molecule has 0 aromatic heterocycles. The van der Waals surface area contributed by atoms with Crippen LogP contribution < -0.4 is 37.2 Å². The summed E-state index contributed by atoms with van der Waals surface area (Å²) in [6.07, 6.45) is -1.45. The second-order valence-corrected chi connectivity index (χ2v) is 20.1. The summed E-state index contributed by atoms with van der Waals surface area (Å²) >= 11 is 0. The summed E-state index contributed by atoms with van der Waals surface area (Å²) in [6, 6.07) is -2.03. The van der Waals surface area contributed by atoms with Crippen LogP contribution in [0.2, 0.25) is 0 Å². The molecule has 10 amide bonds. The molecule has 0 aliphatic carbocycles. The van der Waals surface area contributed by atoms with Crippen LogP contribution in [0.5, 0.6) is 0 Å². The van der Waals surface area contributed by atoms with Crippen LogP contribution in [0.3, 0.4) is 0 Å². The van der Waals surface area contributed by atoms with Crippen molar-refractivity contribution in [1.29, 1.82) is 0 Å². The maximum absolute atomic E-state index is 14.4. The maximum Gasteiger partial charge on any atom is 0.246 e. The number of likely N-dealkylation sites (N-methyl/N-ethyl adjacent to an activating group) is 3. The largest absolute Gasteiger partial charge is 0.394 e. The van der Waals surface area contributed by atoms with E-state index in [1.165, 1.54) is 28.1 Å². The molecule has 0 unspecified atom stereocenters. The summed E-state index contributed by atoms with van der Waals surface area (Å²) in [7, 11) is 3.98. The van der Waals surface area contributed by atoms with E-state index in [2.05, 4.69) is 37.2 Å². The molecule has 2 rings (SSSR count). The highest BCUT2D eigenvalue weighted by Crippen LogP contribution is 2.18. The van der Waals surface area contributed by atoms with Gasteiger partial charge in [0.1, 0.15) is 48.3 Å². The SMILES string of the molecule is CC(C)C[C@@H]1NC(=O)CNC(=O)[C@H](C(C)C)N(C)C(=O)[C@H](C(C)C)NC(=O)[C@H](CO)NC(=O)[C@H](C(C)C)NC(=O)CNC(=O)[C@H](Cc2ccccc2)N(C)C(=O)[C@H](C(C)C)NC(=O)[C@H]([C@@H](C)O)N(C)C1=O. The van der Waals surface area contributed by atoms with Crippen molar-refractivity contribution in [3.63, 3.8) is 0 Å². The lowest BCUT2D eigenvalue weighted by Crippen LogP contribution is -2.63. The third kappa shape index (κ3) is 17.6. The van der Waals surface area contributed by atoms with E-state index in [1.807, 2.05) is 0 Å². The highest BCUT2D eigenvalue weighted by atomic mass is 16.3. The second-order valence-electron chi connectivity index (χ2n) is 20.1. The summed E-state index contributed by atoms with van der Waals surface area (Å²) in [4.78, 5) is 142. The van der Waals surface area contributed by atoms with E-state index in [0.717, 1.165) is 14.7 Å². The van der Waals surface area contributed by atoms with Crippen LogP contribution in [0.15, 0.2) is 30.3 Å². The Balaban J connectivity index is 2.73. The molecular formula is C49H80N10O12. The Labute approximate surface area is 417 Å². The molecule has 1 aromatic rings. The van der Waals surface area contributed by atoms with Gasteiger partial charge in [-0.3, -0.25) is 47.9 Å². The van der Waals surface area contributed by atoms with E-state index in [4.69, 9.17) is 0 Å². The van der Waals surface area contributed by atoms with E-state index >= 15 is 0 Å². The first-order valence-electron chi connectivity index (χ1n) is 24.2. The van der Waals surface area contributed by atoms with Crippen LogP contribution >= 0.6 is 0 Å². The van der Waals surface area contributed by atoms with Gasteiger partial charge in [-0.2, -0.15) is 0 Å². The molecule has 22 nitrogen and oxygen atoms in total. The van der Waals surface area contributed by atoms with Crippen molar-refractivity contribution in [2.75, 3.05) is 40.8 Å². The Morgan fingerprint density at radius 3 is 1.46 bits per heavy atom. The molecule has 0 radical (unpaired) electrons. The van der Waals surface area contributed by atoms with Crippen molar-refractivity contribution in [3.8, 4) is 0 Å². The fourth-order valence-electron chi connectivity index (χ4n) is 8.23. The average molecular weight is 1000 g/mol. The van der Waals surface area contributed by atoms with Gasteiger partial charge in [0.15, 0.2) is 0 Å². The number of carbonyl (C=O) groups is 10. The van der Waals surface area contributed by atoms with Gasteiger partial charge in [-0.25, -0.2) is 0 Å². The average Bonchev–Trinajstić information content (AvgIpc) is 3.29. The molecule has 0 spiro atoms. The Bertz CT molecular complexity index is 2030. The third-order valence-electron chi connectivity index (χ3n) is 12.3. The number of rotatable bonds is 10. The maximum atomic E-state index is 14.4. The predicted octanol–water partition coefficient (Wildman–Crippen LogP) is -1.58. The van der Waals surface area contributed by atoms with Gasteiger partial charge in [-0.15, -0.1) is 0 Å². The van der Waals surface area contributed by atoms with Gasteiger partial charge in [0.2, 0.25) is 59.1 Å². The smallest absolute Gasteiger partial charge is 0.246 e. The highest BCUT2D eigenvalue weighted by Gasteiger charge is 2.41. The minimum absolute atomic E-state index is 0.0328. The fraction of sp³-hybridized carbons (Fsp3) is 0.673. The monoisotopic (exact) mass is 1000 g/mol. The topological polar surface area (TPSA) is 305 Å². The van der Waals surface area contributed by atoms with Gasteiger partial charge in [-0.05, 0) is 48.5 Å². The number of amides is 10. The Kier molecular flexibility index (Phi) is 24.1. The molecule has 0 saturated carbocycles. The molecule has 1 saturated heterocycles. The lowest BCUT2D eigenvalue weighted by Gasteiger charge is -2.36. The van der Waals surface area contributed by atoms with Crippen LogP contribution in [0.25, 0.3) is 0 Å². The third-order valence-corrected chi connectivity index (χ3v) is 12.3. The standard InChI is InChI=1S/C49H80N10O12/c1-25(2)20-32-47(69)59(14)41(30(11)61)46(68)56-38(27(5)6)48(70)57(12)34(21-31-18-16-15-17-19-31)43(65)50-23-36(63)54-37(26(3)4)44(66)53-33(24-60)42(64)55-39(28(7)8)49(71)58(13)40(29(9)10)45(67)51-22-35(62)52-32/h15-19,25-30,32-34,37-41,60-61H,20-24H2,1-14H3,(H,50,65)(H,51,67)(H,52,62)(H,53,66)(H,54,63)(H,55,64)(H,56,68)/t30-,32+,33+,34+,37+,38+,39+,40+,41+/m1/s1. The Morgan fingerprint density at radius 2 is 0.986 bits per heavy atom.